The predicted molar refractivity (Wildman–Crippen MR) is 79.5 cm³/mol. The van der Waals surface area contributed by atoms with Gasteiger partial charge >= 0.3 is 0 Å². The van der Waals surface area contributed by atoms with E-state index in [-0.39, 0.29) is 18.6 Å². The lowest BCUT2D eigenvalue weighted by atomic mass is 10.1. The summed E-state index contributed by atoms with van der Waals surface area (Å²) in [5.41, 5.74) is 0.602. The first-order valence-electron chi connectivity index (χ1n) is 6.50. The summed E-state index contributed by atoms with van der Waals surface area (Å²) in [7, 11) is 0. The van der Waals surface area contributed by atoms with Crippen LogP contribution in [0.4, 0.5) is 0 Å². The number of nitrogens with zero attached hydrogens (tertiary/aromatic N) is 1. The second-order valence-corrected chi connectivity index (χ2v) is 6.08. The van der Waals surface area contributed by atoms with Crippen LogP contribution in [0.3, 0.4) is 0 Å². The van der Waals surface area contributed by atoms with E-state index in [9.17, 15) is 9.90 Å². The van der Waals surface area contributed by atoms with Gasteiger partial charge in [0.1, 0.15) is 0 Å². The average molecular weight is 347 g/mol. The summed E-state index contributed by atoms with van der Waals surface area (Å²) in [5.74, 6) is -0.0375. The van der Waals surface area contributed by atoms with Crippen LogP contribution in [0.5, 0.6) is 0 Å². The van der Waals surface area contributed by atoms with Gasteiger partial charge in [-0.3, -0.25) is 4.79 Å². The van der Waals surface area contributed by atoms with E-state index >= 15 is 0 Å². The van der Waals surface area contributed by atoms with Crippen molar-refractivity contribution in [2.75, 3.05) is 13.2 Å². The quantitative estimate of drug-likeness (QED) is 0.907. The van der Waals surface area contributed by atoms with Gasteiger partial charge in [0.25, 0.3) is 5.91 Å². The van der Waals surface area contributed by atoms with Crippen LogP contribution < -0.4 is 0 Å². The molecule has 1 aromatic carbocycles. The Hall–Kier alpha value is -0.580. The fourth-order valence-electron chi connectivity index (χ4n) is 2.59. The van der Waals surface area contributed by atoms with Crippen LogP contribution in [0.1, 0.15) is 36.0 Å². The largest absolute Gasteiger partial charge is 0.395 e. The van der Waals surface area contributed by atoms with Gasteiger partial charge in [-0.25, -0.2) is 0 Å². The van der Waals surface area contributed by atoms with Crippen LogP contribution in [0.25, 0.3) is 0 Å². The molecule has 1 fully saturated rings. The number of hydrogen-bond acceptors (Lipinski definition) is 2. The molecule has 1 aliphatic rings. The lowest BCUT2D eigenvalue weighted by molar-refractivity contribution is 0.0637. The van der Waals surface area contributed by atoms with E-state index < -0.39 is 0 Å². The minimum atomic E-state index is -0.0375. The first-order valence-corrected chi connectivity index (χ1v) is 7.67. The summed E-state index contributed by atoms with van der Waals surface area (Å²) in [5, 5.41) is 9.77. The summed E-state index contributed by atoms with van der Waals surface area (Å²) >= 11 is 9.28. The van der Waals surface area contributed by atoms with Crippen molar-refractivity contribution in [1.29, 1.82) is 0 Å². The number of aliphatic hydroxyl groups excluding tert-OH is 1. The Bertz CT molecular complexity index is 461. The molecule has 1 N–H and O–H groups in total. The Morgan fingerprint density at radius 3 is 2.68 bits per heavy atom. The molecule has 19 heavy (non-hydrogen) atoms. The minimum absolute atomic E-state index is 0.00650. The molecular weight excluding hydrogens is 330 g/mol. The fourth-order valence-corrected chi connectivity index (χ4v) is 3.44. The molecular formula is C14H17BrClNO2. The number of hydrogen-bond donors (Lipinski definition) is 1. The van der Waals surface area contributed by atoms with E-state index in [0.717, 1.165) is 25.7 Å². The fraction of sp³-hybridized carbons (Fsp3) is 0.500. The van der Waals surface area contributed by atoms with Crippen molar-refractivity contribution in [3.05, 3.63) is 33.3 Å². The SMILES string of the molecule is O=C(c1ccc(Cl)cc1Br)N(CCO)C1CCCC1. The molecule has 2 rings (SSSR count). The number of benzene rings is 1. The Labute approximate surface area is 126 Å². The highest BCUT2D eigenvalue weighted by atomic mass is 79.9. The van der Waals surface area contributed by atoms with Crippen molar-refractivity contribution in [3.8, 4) is 0 Å². The van der Waals surface area contributed by atoms with Gasteiger partial charge in [-0.1, -0.05) is 24.4 Å². The molecule has 104 valence electrons. The van der Waals surface area contributed by atoms with Crippen molar-refractivity contribution >= 4 is 33.4 Å². The smallest absolute Gasteiger partial charge is 0.255 e. The van der Waals surface area contributed by atoms with Gasteiger partial charge in [0.05, 0.1) is 12.2 Å². The summed E-state index contributed by atoms with van der Waals surface area (Å²) in [4.78, 5) is 14.4. The normalized spacial score (nSPS) is 15.7. The highest BCUT2D eigenvalue weighted by Crippen LogP contribution is 2.28. The Morgan fingerprint density at radius 1 is 1.42 bits per heavy atom. The second kappa shape index (κ2) is 6.73. The van der Waals surface area contributed by atoms with E-state index in [1.54, 1.807) is 23.1 Å². The molecule has 0 atom stereocenters. The van der Waals surface area contributed by atoms with Crippen LogP contribution >= 0.6 is 27.5 Å². The maximum absolute atomic E-state index is 12.6. The zero-order valence-electron chi connectivity index (χ0n) is 10.6. The van der Waals surface area contributed by atoms with Gasteiger partial charge in [0, 0.05) is 22.1 Å². The highest BCUT2D eigenvalue weighted by molar-refractivity contribution is 9.10. The lowest BCUT2D eigenvalue weighted by Crippen LogP contribution is -2.40. The van der Waals surface area contributed by atoms with Crippen molar-refractivity contribution < 1.29 is 9.90 Å². The monoisotopic (exact) mass is 345 g/mol. The van der Waals surface area contributed by atoms with Crippen LogP contribution in [-0.2, 0) is 0 Å². The van der Waals surface area contributed by atoms with E-state index in [1.807, 2.05) is 0 Å². The maximum Gasteiger partial charge on any atom is 0.255 e. The zero-order valence-corrected chi connectivity index (χ0v) is 13.0. The average Bonchev–Trinajstić information content (AvgIpc) is 2.89. The van der Waals surface area contributed by atoms with Gasteiger partial charge in [0.15, 0.2) is 0 Å². The Balaban J connectivity index is 2.22. The minimum Gasteiger partial charge on any atom is -0.395 e. The molecule has 0 unspecified atom stereocenters. The topological polar surface area (TPSA) is 40.5 Å². The third-order valence-corrected chi connectivity index (χ3v) is 4.42. The summed E-state index contributed by atoms with van der Waals surface area (Å²) in [6, 6.07) is 5.42. The highest BCUT2D eigenvalue weighted by Gasteiger charge is 2.27. The molecule has 1 saturated carbocycles. The molecule has 3 nitrogen and oxygen atoms in total. The lowest BCUT2D eigenvalue weighted by Gasteiger charge is -2.28. The summed E-state index contributed by atoms with van der Waals surface area (Å²) in [6.45, 7) is 0.381. The molecule has 0 aliphatic heterocycles. The zero-order chi connectivity index (χ0) is 13.8. The van der Waals surface area contributed by atoms with Crippen LogP contribution in [0.15, 0.2) is 22.7 Å². The first-order chi connectivity index (χ1) is 9.13. The number of rotatable bonds is 4. The third kappa shape index (κ3) is 3.50. The molecule has 0 aromatic heterocycles. The maximum atomic E-state index is 12.6. The molecule has 1 aliphatic carbocycles. The molecule has 5 heteroatoms. The van der Waals surface area contributed by atoms with Crippen LogP contribution in [-0.4, -0.2) is 35.1 Å². The predicted octanol–water partition coefficient (Wildman–Crippen LogP) is 3.48. The standard InChI is InChI=1S/C14H17BrClNO2/c15-13-9-10(16)5-6-12(13)14(19)17(7-8-18)11-3-1-2-4-11/h5-6,9,11,18H,1-4,7-8H2. The molecule has 0 spiro atoms. The van der Waals surface area contributed by atoms with Gasteiger partial charge in [-0.05, 0) is 47.0 Å². The third-order valence-electron chi connectivity index (χ3n) is 3.53. The number of halogens is 2. The number of carbonyl (C=O) groups excluding carboxylic acids is 1. The van der Waals surface area contributed by atoms with Crippen molar-refractivity contribution in [1.82, 2.24) is 4.90 Å². The number of aliphatic hydroxyl groups is 1. The molecule has 1 aromatic rings. The van der Waals surface area contributed by atoms with Crippen molar-refractivity contribution in [2.45, 2.75) is 31.7 Å². The van der Waals surface area contributed by atoms with Gasteiger partial charge in [0.2, 0.25) is 0 Å². The molecule has 0 radical (unpaired) electrons. The van der Waals surface area contributed by atoms with E-state index in [0.29, 0.717) is 21.6 Å². The van der Waals surface area contributed by atoms with Crippen LogP contribution in [0.2, 0.25) is 5.02 Å². The Kier molecular flexibility index (Phi) is 5.25. The molecule has 0 heterocycles. The van der Waals surface area contributed by atoms with E-state index in [1.165, 1.54) is 0 Å². The Morgan fingerprint density at radius 2 is 2.11 bits per heavy atom. The number of carbonyl (C=O) groups is 1. The number of amides is 1. The summed E-state index contributed by atoms with van der Waals surface area (Å²) in [6.07, 6.45) is 4.36. The second-order valence-electron chi connectivity index (χ2n) is 4.78. The molecule has 0 saturated heterocycles. The van der Waals surface area contributed by atoms with Gasteiger partial charge < -0.3 is 10.0 Å². The van der Waals surface area contributed by atoms with Crippen molar-refractivity contribution in [2.24, 2.45) is 0 Å². The van der Waals surface area contributed by atoms with Crippen LogP contribution in [0, 0.1) is 0 Å². The van der Waals surface area contributed by atoms with Gasteiger partial charge in [-0.15, -0.1) is 0 Å². The first kappa shape index (κ1) is 14.8. The summed E-state index contributed by atoms with van der Waals surface area (Å²) < 4.78 is 0.700. The van der Waals surface area contributed by atoms with E-state index in [4.69, 9.17) is 11.6 Å². The molecule has 0 bridgehead atoms. The van der Waals surface area contributed by atoms with Gasteiger partial charge in [-0.2, -0.15) is 0 Å². The molecule has 1 amide bonds. The van der Waals surface area contributed by atoms with Crippen molar-refractivity contribution in [3.63, 3.8) is 0 Å². The van der Waals surface area contributed by atoms with E-state index in [2.05, 4.69) is 15.9 Å².